The number of hydrogen-bond acceptors (Lipinski definition) is 4. The summed E-state index contributed by atoms with van der Waals surface area (Å²) >= 11 is 0. The van der Waals surface area contributed by atoms with E-state index in [1.807, 2.05) is 13.8 Å². The summed E-state index contributed by atoms with van der Waals surface area (Å²) in [6.07, 6.45) is 4.40. The zero-order chi connectivity index (χ0) is 13.8. The maximum absolute atomic E-state index is 12.1. The van der Waals surface area contributed by atoms with Gasteiger partial charge in [0.2, 0.25) is 0 Å². The minimum atomic E-state index is -0.278. The van der Waals surface area contributed by atoms with Crippen LogP contribution in [0, 0.1) is 23.7 Å². The zero-order valence-electron chi connectivity index (χ0n) is 11.9. The Hall–Kier alpha value is -1.06. The van der Waals surface area contributed by atoms with Crippen LogP contribution in [-0.2, 0) is 19.1 Å². The number of carbonyl (C=O) groups is 2. The number of carbonyl (C=O) groups excluding carboxylic acids is 2. The molecular weight excluding hydrogens is 244 g/mol. The Morgan fingerprint density at radius 3 is 1.63 bits per heavy atom. The van der Waals surface area contributed by atoms with Gasteiger partial charge in [-0.2, -0.15) is 0 Å². The molecule has 2 aliphatic carbocycles. The average molecular weight is 268 g/mol. The number of fused-ring (bicyclic) bond motifs is 1. The lowest BCUT2D eigenvalue weighted by molar-refractivity contribution is -0.163. The lowest BCUT2D eigenvalue weighted by Crippen LogP contribution is -2.36. The van der Waals surface area contributed by atoms with Crippen molar-refractivity contribution in [1.29, 1.82) is 0 Å². The van der Waals surface area contributed by atoms with Crippen LogP contribution in [0.25, 0.3) is 0 Å². The molecule has 4 unspecified atom stereocenters. The smallest absolute Gasteiger partial charge is 0.309 e. The van der Waals surface area contributed by atoms with Crippen LogP contribution in [0.15, 0.2) is 0 Å². The molecule has 2 aliphatic rings. The van der Waals surface area contributed by atoms with E-state index in [9.17, 15) is 9.59 Å². The van der Waals surface area contributed by atoms with E-state index in [1.54, 1.807) is 0 Å². The molecule has 2 saturated carbocycles. The molecule has 0 radical (unpaired) electrons. The molecule has 0 bridgehead atoms. The molecule has 4 nitrogen and oxygen atoms in total. The minimum Gasteiger partial charge on any atom is -0.465 e. The maximum Gasteiger partial charge on any atom is 0.309 e. The van der Waals surface area contributed by atoms with E-state index in [0.717, 1.165) is 32.1 Å². The molecule has 0 aromatic heterocycles. The molecule has 2 fully saturated rings. The Kier molecular flexibility index (Phi) is 4.83. The molecule has 0 spiro atoms. The second-order valence-corrected chi connectivity index (χ2v) is 5.78. The number of ether oxygens (including phenoxy) is 2. The highest BCUT2D eigenvalue weighted by Gasteiger charge is 2.51. The first kappa shape index (κ1) is 14.4. The van der Waals surface area contributed by atoms with E-state index < -0.39 is 0 Å². The normalized spacial score (nSPS) is 32.3. The summed E-state index contributed by atoms with van der Waals surface area (Å²) in [5, 5.41) is 0. The van der Waals surface area contributed by atoms with Crippen molar-refractivity contribution in [2.24, 2.45) is 23.7 Å². The van der Waals surface area contributed by atoms with Gasteiger partial charge in [0.05, 0.1) is 25.0 Å². The Bertz CT molecular complexity index is 307. The van der Waals surface area contributed by atoms with Gasteiger partial charge in [-0.1, -0.05) is 13.8 Å². The third-order valence-corrected chi connectivity index (χ3v) is 4.17. The molecule has 4 heteroatoms. The van der Waals surface area contributed by atoms with E-state index in [1.165, 1.54) is 0 Å². The predicted molar refractivity (Wildman–Crippen MR) is 70.3 cm³/mol. The van der Waals surface area contributed by atoms with Crippen LogP contribution in [0.4, 0.5) is 0 Å². The zero-order valence-corrected chi connectivity index (χ0v) is 11.9. The first-order chi connectivity index (χ1) is 9.17. The Morgan fingerprint density at radius 1 is 0.842 bits per heavy atom. The summed E-state index contributed by atoms with van der Waals surface area (Å²) in [7, 11) is 0. The van der Waals surface area contributed by atoms with E-state index in [-0.39, 0.29) is 23.8 Å². The largest absolute Gasteiger partial charge is 0.465 e. The van der Waals surface area contributed by atoms with Crippen molar-refractivity contribution in [2.45, 2.75) is 46.0 Å². The molecule has 2 rings (SSSR count). The monoisotopic (exact) mass is 268 g/mol. The number of esters is 2. The van der Waals surface area contributed by atoms with Crippen molar-refractivity contribution < 1.29 is 19.1 Å². The third kappa shape index (κ3) is 3.48. The summed E-state index contributed by atoms with van der Waals surface area (Å²) in [5.41, 5.74) is 0. The van der Waals surface area contributed by atoms with Crippen molar-refractivity contribution in [2.75, 3.05) is 13.2 Å². The summed E-state index contributed by atoms with van der Waals surface area (Å²) in [6.45, 7) is 4.83. The highest BCUT2D eigenvalue weighted by Crippen LogP contribution is 2.54. The molecule has 0 N–H and O–H groups in total. The highest BCUT2D eigenvalue weighted by atomic mass is 16.5. The van der Waals surface area contributed by atoms with Crippen molar-refractivity contribution in [3.63, 3.8) is 0 Å². The lowest BCUT2D eigenvalue weighted by Gasteiger charge is -2.27. The second kappa shape index (κ2) is 6.40. The van der Waals surface area contributed by atoms with Crippen molar-refractivity contribution in [3.8, 4) is 0 Å². The molecule has 19 heavy (non-hydrogen) atoms. The molecule has 4 atom stereocenters. The summed E-state index contributed by atoms with van der Waals surface area (Å²) in [5.74, 6) is 0.305. The van der Waals surface area contributed by atoms with E-state index in [4.69, 9.17) is 9.47 Å². The van der Waals surface area contributed by atoms with Gasteiger partial charge in [0, 0.05) is 0 Å². The number of rotatable bonds is 6. The third-order valence-electron chi connectivity index (χ3n) is 4.17. The van der Waals surface area contributed by atoms with Gasteiger partial charge >= 0.3 is 11.9 Å². The molecule has 108 valence electrons. The Morgan fingerprint density at radius 2 is 1.26 bits per heavy atom. The van der Waals surface area contributed by atoms with Crippen molar-refractivity contribution in [1.82, 2.24) is 0 Å². The van der Waals surface area contributed by atoms with Gasteiger partial charge in [-0.05, 0) is 43.9 Å². The fraction of sp³-hybridized carbons (Fsp3) is 0.867. The van der Waals surface area contributed by atoms with Crippen LogP contribution in [0.5, 0.6) is 0 Å². The topological polar surface area (TPSA) is 52.6 Å². The average Bonchev–Trinajstić information content (AvgIpc) is 3.18. The van der Waals surface area contributed by atoms with Crippen LogP contribution in [0.2, 0.25) is 0 Å². The fourth-order valence-electron chi connectivity index (χ4n) is 3.01. The van der Waals surface area contributed by atoms with Crippen LogP contribution < -0.4 is 0 Å². The molecule has 0 aromatic rings. The van der Waals surface area contributed by atoms with Crippen molar-refractivity contribution in [3.05, 3.63) is 0 Å². The molecular formula is C15H24O4. The molecule has 0 aliphatic heterocycles. The van der Waals surface area contributed by atoms with Gasteiger partial charge in [-0.15, -0.1) is 0 Å². The van der Waals surface area contributed by atoms with Crippen LogP contribution in [-0.4, -0.2) is 25.2 Å². The van der Waals surface area contributed by atoms with Crippen LogP contribution in [0.1, 0.15) is 46.0 Å². The predicted octanol–water partition coefficient (Wildman–Crippen LogP) is 2.56. The maximum atomic E-state index is 12.1. The molecule has 0 heterocycles. The highest BCUT2D eigenvalue weighted by molar-refractivity contribution is 5.82. The number of hydrogen-bond donors (Lipinski definition) is 0. The Labute approximate surface area is 114 Å². The summed E-state index contributed by atoms with van der Waals surface area (Å²) in [6, 6.07) is 0. The van der Waals surface area contributed by atoms with Gasteiger partial charge in [0.15, 0.2) is 0 Å². The second-order valence-electron chi connectivity index (χ2n) is 5.78. The van der Waals surface area contributed by atoms with Crippen LogP contribution >= 0.6 is 0 Å². The molecule has 0 amide bonds. The van der Waals surface area contributed by atoms with Gasteiger partial charge < -0.3 is 9.47 Å². The minimum absolute atomic E-state index is 0.203. The SMILES string of the molecule is CCCOC(=O)C1CC2CC2CC1C(=O)OCCC. The fourth-order valence-corrected chi connectivity index (χ4v) is 3.01. The van der Waals surface area contributed by atoms with E-state index >= 15 is 0 Å². The van der Waals surface area contributed by atoms with Crippen LogP contribution in [0.3, 0.4) is 0 Å². The summed E-state index contributed by atoms with van der Waals surface area (Å²) < 4.78 is 10.5. The summed E-state index contributed by atoms with van der Waals surface area (Å²) in [4.78, 5) is 24.2. The quantitative estimate of drug-likeness (QED) is 0.695. The Balaban J connectivity index is 1.95. The molecule has 0 aromatic carbocycles. The van der Waals surface area contributed by atoms with Gasteiger partial charge in [-0.3, -0.25) is 9.59 Å². The lowest BCUT2D eigenvalue weighted by atomic mass is 9.79. The van der Waals surface area contributed by atoms with Gasteiger partial charge in [0.25, 0.3) is 0 Å². The van der Waals surface area contributed by atoms with E-state index in [0.29, 0.717) is 25.0 Å². The first-order valence-corrected chi connectivity index (χ1v) is 7.50. The van der Waals surface area contributed by atoms with Crippen molar-refractivity contribution >= 4 is 11.9 Å². The van der Waals surface area contributed by atoms with Gasteiger partial charge in [0.1, 0.15) is 0 Å². The molecule has 0 saturated heterocycles. The van der Waals surface area contributed by atoms with E-state index in [2.05, 4.69) is 0 Å². The standard InChI is InChI=1S/C15H24O4/c1-3-5-18-14(16)12-8-10-7-11(10)9-13(12)15(17)19-6-4-2/h10-13H,3-9H2,1-2H3. The first-order valence-electron chi connectivity index (χ1n) is 7.50. The van der Waals surface area contributed by atoms with Gasteiger partial charge in [-0.25, -0.2) is 0 Å².